The molecule has 3 atom stereocenters. The quantitative estimate of drug-likeness (QED) is 0.507. The largest absolute Gasteiger partial charge is 0.390 e. The van der Waals surface area contributed by atoms with Crippen LogP contribution in [0.1, 0.15) is 12.6 Å². The van der Waals surface area contributed by atoms with Crippen LogP contribution in [-0.4, -0.2) is 38.0 Å². The summed E-state index contributed by atoms with van der Waals surface area (Å²) in [7, 11) is 0. The molecule has 1 aromatic rings. The first-order chi connectivity index (χ1) is 7.99. The fourth-order valence-corrected chi connectivity index (χ4v) is 1.63. The Labute approximate surface area is 93.8 Å². The molecule has 0 saturated carbocycles. The van der Waals surface area contributed by atoms with Gasteiger partial charge in [-0.25, -0.2) is 4.79 Å². The fraction of sp³-hybridized carbons (Fsp3) is 0.500. The zero-order valence-electron chi connectivity index (χ0n) is 8.57. The average molecular weight is 242 g/mol. The molecule has 92 valence electrons. The van der Waals surface area contributed by atoms with Gasteiger partial charge in [-0.05, 0) is 0 Å². The van der Waals surface area contributed by atoms with Crippen molar-refractivity contribution in [1.29, 1.82) is 0 Å². The lowest BCUT2D eigenvalue weighted by molar-refractivity contribution is -0.134. The van der Waals surface area contributed by atoms with Gasteiger partial charge >= 0.3 is 5.69 Å². The maximum Gasteiger partial charge on any atom is 0.347 e. The summed E-state index contributed by atoms with van der Waals surface area (Å²) in [5, 5.41) is 13.1. The lowest BCUT2D eigenvalue weighted by Gasteiger charge is -2.11. The van der Waals surface area contributed by atoms with Crippen molar-refractivity contribution < 1.29 is 14.6 Å². The molecular formula is C8H10N4O5. The number of carbonyl (C=O) groups excluding carboxylic acids is 1. The second kappa shape index (κ2) is 4.11. The summed E-state index contributed by atoms with van der Waals surface area (Å²) in [5.41, 5.74) is 3.58. The van der Waals surface area contributed by atoms with Gasteiger partial charge in [-0.1, -0.05) is 0 Å². The van der Waals surface area contributed by atoms with E-state index in [9.17, 15) is 19.5 Å². The van der Waals surface area contributed by atoms with E-state index >= 15 is 0 Å². The minimum atomic E-state index is -1.18. The van der Waals surface area contributed by atoms with Gasteiger partial charge in [-0.2, -0.15) is 9.78 Å². The molecule has 1 aromatic heterocycles. The Morgan fingerprint density at radius 1 is 1.65 bits per heavy atom. The molecule has 0 bridgehead atoms. The molecule has 17 heavy (non-hydrogen) atoms. The molecule has 9 heteroatoms. The third-order valence-corrected chi connectivity index (χ3v) is 2.39. The van der Waals surface area contributed by atoms with Crippen molar-refractivity contribution in [3.05, 3.63) is 27.0 Å². The van der Waals surface area contributed by atoms with Crippen LogP contribution in [-0.2, 0) is 9.53 Å². The number of nitrogens with zero attached hydrogens (tertiary/aromatic N) is 2. The highest BCUT2D eigenvalue weighted by Crippen LogP contribution is 2.26. The van der Waals surface area contributed by atoms with Crippen molar-refractivity contribution in [2.75, 3.05) is 0 Å². The molecule has 0 aromatic carbocycles. The number of amides is 1. The summed E-state index contributed by atoms with van der Waals surface area (Å²) in [5.74, 6) is -0.822. The molecule has 0 spiro atoms. The molecule has 1 amide bonds. The molecule has 2 rings (SSSR count). The van der Waals surface area contributed by atoms with Gasteiger partial charge in [0.1, 0.15) is 6.20 Å². The summed E-state index contributed by atoms with van der Waals surface area (Å²) in [4.78, 5) is 35.1. The van der Waals surface area contributed by atoms with Gasteiger partial charge in [0, 0.05) is 6.42 Å². The standard InChI is InChI=1S/C8H10N4O5/c9-7(15)6-3(13)1-5(17-6)12-8(16)11-4(14)2-10-12/h2-3,5-6,13H,1H2,(H2,9,15)(H,11,14,16)/t3-,5+,6-/m0/s1. The van der Waals surface area contributed by atoms with Crippen molar-refractivity contribution in [2.24, 2.45) is 5.73 Å². The number of aliphatic hydroxyl groups is 1. The number of aromatic nitrogens is 3. The second-order valence-electron chi connectivity index (χ2n) is 3.60. The maximum atomic E-state index is 11.4. The SMILES string of the molecule is NC(=O)[C@H]1O[C@@H](n2ncc(=O)[nH]c2=O)C[C@@H]1O. The predicted octanol–water partition coefficient (Wildman–Crippen LogP) is -2.93. The van der Waals surface area contributed by atoms with Crippen LogP contribution < -0.4 is 17.0 Å². The molecule has 0 aliphatic carbocycles. The minimum Gasteiger partial charge on any atom is -0.390 e. The third kappa shape index (κ3) is 2.10. The number of aliphatic hydroxyl groups excluding tert-OH is 1. The molecule has 2 heterocycles. The van der Waals surface area contributed by atoms with E-state index in [1.807, 2.05) is 4.98 Å². The Bertz CT molecular complexity index is 549. The monoisotopic (exact) mass is 242 g/mol. The van der Waals surface area contributed by atoms with Crippen LogP contribution in [0.25, 0.3) is 0 Å². The van der Waals surface area contributed by atoms with Gasteiger partial charge in [-0.15, -0.1) is 0 Å². The fourth-order valence-electron chi connectivity index (χ4n) is 1.63. The van der Waals surface area contributed by atoms with Crippen LogP contribution in [0.5, 0.6) is 0 Å². The van der Waals surface area contributed by atoms with Gasteiger partial charge in [0.05, 0.1) is 6.10 Å². The molecular weight excluding hydrogens is 232 g/mol. The lowest BCUT2D eigenvalue weighted by atomic mass is 10.2. The van der Waals surface area contributed by atoms with E-state index in [0.29, 0.717) is 0 Å². The Hall–Kier alpha value is -2.00. The topological polar surface area (TPSA) is 140 Å². The second-order valence-corrected chi connectivity index (χ2v) is 3.60. The van der Waals surface area contributed by atoms with E-state index < -0.39 is 35.6 Å². The Morgan fingerprint density at radius 2 is 2.35 bits per heavy atom. The van der Waals surface area contributed by atoms with Gasteiger partial charge in [0.15, 0.2) is 12.3 Å². The van der Waals surface area contributed by atoms with Gasteiger partial charge < -0.3 is 15.6 Å². The van der Waals surface area contributed by atoms with Crippen LogP contribution >= 0.6 is 0 Å². The number of ether oxygens (including phenoxy) is 1. The van der Waals surface area contributed by atoms with Gasteiger partial charge in [0.25, 0.3) is 5.56 Å². The number of nitrogens with one attached hydrogen (secondary N) is 1. The molecule has 4 N–H and O–H groups in total. The lowest BCUT2D eigenvalue weighted by Crippen LogP contribution is -2.37. The Kier molecular flexibility index (Phi) is 2.77. The third-order valence-electron chi connectivity index (χ3n) is 2.39. The van der Waals surface area contributed by atoms with Crippen molar-refractivity contribution in [3.8, 4) is 0 Å². The van der Waals surface area contributed by atoms with Crippen LogP contribution in [0.2, 0.25) is 0 Å². The van der Waals surface area contributed by atoms with Crippen LogP contribution in [0.3, 0.4) is 0 Å². The Morgan fingerprint density at radius 3 is 2.88 bits per heavy atom. The molecule has 0 unspecified atom stereocenters. The van der Waals surface area contributed by atoms with Crippen LogP contribution in [0, 0.1) is 0 Å². The van der Waals surface area contributed by atoms with Crippen molar-refractivity contribution in [1.82, 2.24) is 14.8 Å². The number of rotatable bonds is 2. The number of aromatic amines is 1. The summed E-state index contributed by atoms with van der Waals surface area (Å²) >= 11 is 0. The first-order valence-corrected chi connectivity index (χ1v) is 4.80. The van der Waals surface area contributed by atoms with E-state index in [0.717, 1.165) is 10.9 Å². The van der Waals surface area contributed by atoms with Gasteiger partial charge in [0.2, 0.25) is 5.91 Å². The summed E-state index contributed by atoms with van der Waals surface area (Å²) in [6.45, 7) is 0. The van der Waals surface area contributed by atoms with Crippen molar-refractivity contribution >= 4 is 5.91 Å². The predicted molar refractivity (Wildman–Crippen MR) is 52.8 cm³/mol. The first kappa shape index (κ1) is 11.5. The average Bonchev–Trinajstić information content (AvgIpc) is 2.60. The number of nitrogens with two attached hydrogens (primary N) is 1. The number of hydrogen-bond acceptors (Lipinski definition) is 6. The normalized spacial score (nSPS) is 28.2. The van der Waals surface area contributed by atoms with E-state index in [4.69, 9.17) is 10.5 Å². The minimum absolute atomic E-state index is 0.00738. The summed E-state index contributed by atoms with van der Waals surface area (Å²) in [6, 6.07) is 0. The van der Waals surface area contributed by atoms with E-state index in [1.54, 1.807) is 0 Å². The Balaban J connectivity index is 2.29. The van der Waals surface area contributed by atoms with Crippen molar-refractivity contribution in [2.45, 2.75) is 24.9 Å². The molecule has 1 aliphatic heterocycles. The highest BCUT2D eigenvalue weighted by atomic mass is 16.5. The van der Waals surface area contributed by atoms with Crippen molar-refractivity contribution in [3.63, 3.8) is 0 Å². The zero-order valence-corrected chi connectivity index (χ0v) is 8.57. The molecule has 1 aliphatic rings. The zero-order chi connectivity index (χ0) is 12.6. The number of H-pyrrole nitrogens is 1. The smallest absolute Gasteiger partial charge is 0.347 e. The van der Waals surface area contributed by atoms with Gasteiger partial charge in [-0.3, -0.25) is 14.6 Å². The van der Waals surface area contributed by atoms with Crippen LogP contribution in [0.4, 0.5) is 0 Å². The molecule has 9 nitrogen and oxygen atoms in total. The first-order valence-electron chi connectivity index (χ1n) is 4.80. The highest BCUT2D eigenvalue weighted by Gasteiger charge is 2.39. The molecule has 1 saturated heterocycles. The molecule has 0 radical (unpaired) electrons. The maximum absolute atomic E-state index is 11.4. The van der Waals surface area contributed by atoms with Crippen LogP contribution in [0.15, 0.2) is 15.8 Å². The van der Waals surface area contributed by atoms with E-state index in [1.165, 1.54) is 0 Å². The summed E-state index contributed by atoms with van der Waals surface area (Å²) in [6.07, 6.45) is -2.31. The highest BCUT2D eigenvalue weighted by molar-refractivity contribution is 5.79. The number of carbonyl (C=O) groups is 1. The number of primary amides is 1. The van der Waals surface area contributed by atoms with E-state index in [2.05, 4.69) is 5.10 Å². The number of hydrogen-bond donors (Lipinski definition) is 3. The summed E-state index contributed by atoms with van der Waals surface area (Å²) < 4.78 is 5.94. The molecule has 1 fully saturated rings. The van der Waals surface area contributed by atoms with E-state index in [-0.39, 0.29) is 6.42 Å².